The second kappa shape index (κ2) is 6.94. The van der Waals surface area contributed by atoms with Crippen molar-refractivity contribution in [2.24, 2.45) is 5.73 Å². The first-order valence-corrected chi connectivity index (χ1v) is 7.82. The molecule has 0 bridgehead atoms. The third kappa shape index (κ3) is 3.76. The first kappa shape index (κ1) is 15.8. The molecule has 1 aliphatic heterocycles. The van der Waals surface area contributed by atoms with Crippen LogP contribution in [0, 0.1) is 0 Å². The molecular formula is C17H26N2O2. The lowest BCUT2D eigenvalue weighted by Crippen LogP contribution is -2.41. The number of nitrogens with zero attached hydrogens (tertiary/aromatic N) is 1. The summed E-state index contributed by atoms with van der Waals surface area (Å²) in [4.78, 5) is 14.4. The number of likely N-dealkylation sites (tertiary alicyclic amines) is 1. The Kier molecular flexibility index (Phi) is 5.23. The van der Waals surface area contributed by atoms with Gasteiger partial charge in [0, 0.05) is 19.1 Å². The molecule has 2 rings (SSSR count). The van der Waals surface area contributed by atoms with E-state index in [9.17, 15) is 4.79 Å². The molecule has 0 saturated carbocycles. The van der Waals surface area contributed by atoms with Crippen LogP contribution >= 0.6 is 0 Å². The molecule has 4 heteroatoms. The fourth-order valence-corrected chi connectivity index (χ4v) is 2.72. The van der Waals surface area contributed by atoms with Gasteiger partial charge in [-0.25, -0.2) is 0 Å². The van der Waals surface area contributed by atoms with Gasteiger partial charge in [-0.05, 0) is 30.4 Å². The van der Waals surface area contributed by atoms with Crippen LogP contribution in [0.1, 0.15) is 45.1 Å². The normalized spacial score (nSPS) is 19.9. The Labute approximate surface area is 127 Å². The molecule has 0 aliphatic carbocycles. The minimum Gasteiger partial charge on any atom is -0.480 e. The van der Waals surface area contributed by atoms with Crippen molar-refractivity contribution in [2.75, 3.05) is 13.1 Å². The standard InChI is InChI=1S/C17H26N2O2/c1-4-15(17(20)19-10-9-13(18)11-19)21-16-8-6-5-7-14(16)12(2)3/h5-8,12-13,15H,4,9-11,18H2,1-3H3/t13-,15+/m0/s1. The van der Waals surface area contributed by atoms with Gasteiger partial charge in [-0.15, -0.1) is 0 Å². The summed E-state index contributed by atoms with van der Waals surface area (Å²) in [5.41, 5.74) is 7.03. The van der Waals surface area contributed by atoms with Gasteiger partial charge < -0.3 is 15.4 Å². The number of hydrogen-bond donors (Lipinski definition) is 1. The summed E-state index contributed by atoms with van der Waals surface area (Å²) in [5, 5.41) is 0. The summed E-state index contributed by atoms with van der Waals surface area (Å²) in [6.07, 6.45) is 1.12. The summed E-state index contributed by atoms with van der Waals surface area (Å²) in [6, 6.07) is 8.06. The van der Waals surface area contributed by atoms with Gasteiger partial charge in [0.2, 0.25) is 0 Å². The van der Waals surface area contributed by atoms with Gasteiger partial charge in [-0.1, -0.05) is 39.0 Å². The largest absolute Gasteiger partial charge is 0.480 e. The lowest BCUT2D eigenvalue weighted by Gasteiger charge is -2.25. The maximum atomic E-state index is 12.6. The van der Waals surface area contributed by atoms with Crippen LogP contribution in [0.2, 0.25) is 0 Å². The third-order valence-corrected chi connectivity index (χ3v) is 3.99. The number of amides is 1. The molecule has 21 heavy (non-hydrogen) atoms. The van der Waals surface area contributed by atoms with E-state index < -0.39 is 6.10 Å². The van der Waals surface area contributed by atoms with Crippen molar-refractivity contribution in [3.05, 3.63) is 29.8 Å². The molecular weight excluding hydrogens is 264 g/mol. The fraction of sp³-hybridized carbons (Fsp3) is 0.588. The Hall–Kier alpha value is -1.55. The smallest absolute Gasteiger partial charge is 0.263 e. The molecule has 0 radical (unpaired) electrons. The number of hydrogen-bond acceptors (Lipinski definition) is 3. The Morgan fingerprint density at radius 2 is 2.14 bits per heavy atom. The number of carbonyl (C=O) groups is 1. The number of carbonyl (C=O) groups excluding carboxylic acids is 1. The first-order valence-electron chi connectivity index (χ1n) is 7.82. The van der Waals surface area contributed by atoms with Crippen molar-refractivity contribution in [2.45, 2.75) is 51.7 Å². The van der Waals surface area contributed by atoms with Crippen LogP contribution in [0.15, 0.2) is 24.3 Å². The lowest BCUT2D eigenvalue weighted by molar-refractivity contribution is -0.137. The molecule has 0 unspecified atom stereocenters. The zero-order chi connectivity index (χ0) is 15.4. The molecule has 4 nitrogen and oxygen atoms in total. The number of benzene rings is 1. The van der Waals surface area contributed by atoms with Crippen LogP contribution in [0.4, 0.5) is 0 Å². The van der Waals surface area contributed by atoms with E-state index in [-0.39, 0.29) is 11.9 Å². The van der Waals surface area contributed by atoms with Gasteiger partial charge in [0.25, 0.3) is 5.91 Å². The van der Waals surface area contributed by atoms with Gasteiger partial charge in [-0.2, -0.15) is 0 Å². The van der Waals surface area contributed by atoms with Crippen molar-refractivity contribution in [3.8, 4) is 5.75 Å². The third-order valence-electron chi connectivity index (χ3n) is 3.99. The van der Waals surface area contributed by atoms with E-state index in [1.54, 1.807) is 0 Å². The van der Waals surface area contributed by atoms with E-state index >= 15 is 0 Å². The average molecular weight is 290 g/mol. The second-order valence-corrected chi connectivity index (χ2v) is 6.04. The van der Waals surface area contributed by atoms with E-state index in [0.717, 1.165) is 24.3 Å². The fourth-order valence-electron chi connectivity index (χ4n) is 2.72. The molecule has 2 atom stereocenters. The van der Waals surface area contributed by atoms with Gasteiger partial charge >= 0.3 is 0 Å². The van der Waals surface area contributed by atoms with Crippen LogP contribution in [-0.2, 0) is 4.79 Å². The van der Waals surface area contributed by atoms with Crippen molar-refractivity contribution in [1.29, 1.82) is 0 Å². The number of nitrogens with two attached hydrogens (primary N) is 1. The molecule has 1 heterocycles. The van der Waals surface area contributed by atoms with E-state index in [4.69, 9.17) is 10.5 Å². The Balaban J connectivity index is 2.10. The highest BCUT2D eigenvalue weighted by molar-refractivity contribution is 5.81. The number of rotatable bonds is 5. The Morgan fingerprint density at radius 1 is 1.43 bits per heavy atom. The van der Waals surface area contributed by atoms with Crippen molar-refractivity contribution < 1.29 is 9.53 Å². The predicted octanol–water partition coefficient (Wildman–Crippen LogP) is 2.53. The molecule has 1 aliphatic rings. The summed E-state index contributed by atoms with van der Waals surface area (Å²) < 4.78 is 6.03. The molecule has 0 aromatic heterocycles. The molecule has 1 fully saturated rings. The summed E-state index contributed by atoms with van der Waals surface area (Å²) >= 11 is 0. The zero-order valence-corrected chi connectivity index (χ0v) is 13.2. The minimum absolute atomic E-state index is 0.0593. The highest BCUT2D eigenvalue weighted by Crippen LogP contribution is 2.27. The first-order chi connectivity index (χ1) is 10.0. The lowest BCUT2D eigenvalue weighted by atomic mass is 10.0. The Morgan fingerprint density at radius 3 is 2.71 bits per heavy atom. The Bertz CT molecular complexity index is 487. The molecule has 2 N–H and O–H groups in total. The van der Waals surface area contributed by atoms with Gasteiger partial charge in [0.1, 0.15) is 5.75 Å². The van der Waals surface area contributed by atoms with Gasteiger partial charge in [-0.3, -0.25) is 4.79 Å². The zero-order valence-electron chi connectivity index (χ0n) is 13.2. The quantitative estimate of drug-likeness (QED) is 0.906. The van der Waals surface area contributed by atoms with E-state index in [0.29, 0.717) is 18.9 Å². The molecule has 1 aromatic carbocycles. The molecule has 116 valence electrons. The van der Waals surface area contributed by atoms with Gasteiger partial charge in [0.15, 0.2) is 6.10 Å². The maximum Gasteiger partial charge on any atom is 0.263 e. The van der Waals surface area contributed by atoms with Gasteiger partial charge in [0.05, 0.1) is 0 Å². The topological polar surface area (TPSA) is 55.6 Å². The molecule has 1 saturated heterocycles. The van der Waals surface area contributed by atoms with Crippen molar-refractivity contribution in [3.63, 3.8) is 0 Å². The number of ether oxygens (including phenoxy) is 1. The number of para-hydroxylation sites is 1. The van der Waals surface area contributed by atoms with Crippen LogP contribution < -0.4 is 10.5 Å². The van der Waals surface area contributed by atoms with E-state index in [1.165, 1.54) is 0 Å². The minimum atomic E-state index is -0.421. The highest BCUT2D eigenvalue weighted by atomic mass is 16.5. The van der Waals surface area contributed by atoms with E-state index in [2.05, 4.69) is 19.9 Å². The SMILES string of the molecule is CC[C@@H](Oc1ccccc1C(C)C)C(=O)N1CC[C@H](N)C1. The van der Waals surface area contributed by atoms with Crippen molar-refractivity contribution >= 4 is 5.91 Å². The average Bonchev–Trinajstić information content (AvgIpc) is 2.91. The van der Waals surface area contributed by atoms with Crippen molar-refractivity contribution in [1.82, 2.24) is 4.90 Å². The molecule has 0 spiro atoms. The highest BCUT2D eigenvalue weighted by Gasteiger charge is 2.30. The monoisotopic (exact) mass is 290 g/mol. The predicted molar refractivity (Wildman–Crippen MR) is 84.4 cm³/mol. The van der Waals surface area contributed by atoms with Crippen LogP contribution in [0.5, 0.6) is 5.75 Å². The summed E-state index contributed by atoms with van der Waals surface area (Å²) in [6.45, 7) is 7.63. The molecule has 1 amide bonds. The van der Waals surface area contributed by atoms with E-state index in [1.807, 2.05) is 30.0 Å². The van der Waals surface area contributed by atoms with Crippen LogP contribution in [0.3, 0.4) is 0 Å². The van der Waals surface area contributed by atoms with Crippen LogP contribution in [-0.4, -0.2) is 36.0 Å². The summed E-state index contributed by atoms with van der Waals surface area (Å²) in [7, 11) is 0. The van der Waals surface area contributed by atoms with Crippen LogP contribution in [0.25, 0.3) is 0 Å². The summed E-state index contributed by atoms with van der Waals surface area (Å²) in [5.74, 6) is 1.24. The molecule has 1 aromatic rings. The maximum absolute atomic E-state index is 12.6. The second-order valence-electron chi connectivity index (χ2n) is 6.04.